The van der Waals surface area contributed by atoms with E-state index in [-0.39, 0.29) is 23.3 Å². The molecule has 3 amide bonds. The van der Waals surface area contributed by atoms with Gasteiger partial charge < -0.3 is 25.4 Å². The van der Waals surface area contributed by atoms with Gasteiger partial charge in [-0.05, 0) is 56.6 Å². The molecule has 0 saturated carbocycles. The van der Waals surface area contributed by atoms with Gasteiger partial charge in [0.25, 0.3) is 5.91 Å². The van der Waals surface area contributed by atoms with Crippen molar-refractivity contribution >= 4 is 23.4 Å². The number of anilines is 1. The summed E-state index contributed by atoms with van der Waals surface area (Å²) in [5.74, 6) is 0.0773. The molecule has 3 N–H and O–H groups in total. The predicted molar refractivity (Wildman–Crippen MR) is 129 cm³/mol. The maximum Gasteiger partial charge on any atom is 0.251 e. The maximum absolute atomic E-state index is 12.6. The van der Waals surface area contributed by atoms with Crippen LogP contribution >= 0.6 is 0 Å². The minimum Gasteiger partial charge on any atom is -0.366 e. The third-order valence-corrected chi connectivity index (χ3v) is 5.78. The first-order chi connectivity index (χ1) is 16.3. The molecule has 0 spiro atoms. The fourth-order valence-electron chi connectivity index (χ4n) is 4.08. The summed E-state index contributed by atoms with van der Waals surface area (Å²) in [6, 6.07) is 14.1. The fourth-order valence-corrected chi connectivity index (χ4v) is 4.08. The Morgan fingerprint density at radius 1 is 1.12 bits per heavy atom. The highest BCUT2D eigenvalue weighted by Gasteiger charge is 2.31. The molecule has 1 saturated heterocycles. The third-order valence-electron chi connectivity index (χ3n) is 5.78. The van der Waals surface area contributed by atoms with Gasteiger partial charge in [0.15, 0.2) is 0 Å². The summed E-state index contributed by atoms with van der Waals surface area (Å²) >= 11 is 0. The summed E-state index contributed by atoms with van der Waals surface area (Å²) in [5, 5.41) is 2.86. The van der Waals surface area contributed by atoms with Crippen molar-refractivity contribution in [3.05, 3.63) is 77.9 Å². The summed E-state index contributed by atoms with van der Waals surface area (Å²) in [4.78, 5) is 44.7. The number of nitrogens with two attached hydrogens (primary N) is 1. The number of nitrogens with zero attached hydrogens (tertiary/aromatic N) is 4. The lowest BCUT2D eigenvalue weighted by atomic mass is 10.1. The first kappa shape index (κ1) is 23.2. The van der Waals surface area contributed by atoms with Crippen LogP contribution in [0.1, 0.15) is 33.0 Å². The molecule has 0 bridgehead atoms. The minimum absolute atomic E-state index is 0.00390. The van der Waals surface area contributed by atoms with Crippen molar-refractivity contribution in [1.82, 2.24) is 19.8 Å². The second-order valence-corrected chi connectivity index (χ2v) is 8.70. The van der Waals surface area contributed by atoms with E-state index < -0.39 is 5.91 Å². The van der Waals surface area contributed by atoms with Crippen LogP contribution in [-0.2, 0) is 11.3 Å². The highest BCUT2D eigenvalue weighted by molar-refractivity contribution is 5.99. The standard InChI is InChI=1S/C25H28N6O3/c1-29(2)16-22-27-10-11-30(22)20-6-8-21(9-7-20)31-15-17(12-23(31)32)14-28-25(34)19-5-3-4-18(13-19)24(26)33/h3-11,13,17H,12,14-16H2,1-2H3,(H2,26,33)(H,28,34). The van der Waals surface area contributed by atoms with E-state index in [1.54, 1.807) is 29.3 Å². The van der Waals surface area contributed by atoms with Crippen molar-refractivity contribution < 1.29 is 14.4 Å². The van der Waals surface area contributed by atoms with Gasteiger partial charge in [-0.3, -0.25) is 14.4 Å². The molecule has 1 aliphatic heterocycles. The Hall–Kier alpha value is -3.98. The second kappa shape index (κ2) is 9.88. The number of imidazole rings is 1. The van der Waals surface area contributed by atoms with Gasteiger partial charge in [-0.25, -0.2) is 4.98 Å². The van der Waals surface area contributed by atoms with Gasteiger partial charge in [-0.2, -0.15) is 0 Å². The van der Waals surface area contributed by atoms with Crippen LogP contribution < -0.4 is 16.0 Å². The summed E-state index contributed by atoms with van der Waals surface area (Å²) in [6.07, 6.45) is 4.06. The van der Waals surface area contributed by atoms with E-state index in [1.807, 2.05) is 49.1 Å². The lowest BCUT2D eigenvalue weighted by molar-refractivity contribution is -0.117. The molecule has 1 unspecified atom stereocenters. The monoisotopic (exact) mass is 460 g/mol. The van der Waals surface area contributed by atoms with Crippen LogP contribution in [0.3, 0.4) is 0 Å². The van der Waals surface area contributed by atoms with Gasteiger partial charge in [0, 0.05) is 60.3 Å². The molecule has 1 aromatic heterocycles. The zero-order valence-corrected chi connectivity index (χ0v) is 19.3. The average molecular weight is 461 g/mol. The van der Waals surface area contributed by atoms with E-state index >= 15 is 0 Å². The fraction of sp³-hybridized carbons (Fsp3) is 0.280. The Balaban J connectivity index is 1.37. The van der Waals surface area contributed by atoms with E-state index in [0.717, 1.165) is 23.7 Å². The smallest absolute Gasteiger partial charge is 0.251 e. The number of rotatable bonds is 8. The normalized spacial score (nSPS) is 15.7. The van der Waals surface area contributed by atoms with E-state index in [9.17, 15) is 14.4 Å². The molecule has 0 aliphatic carbocycles. The van der Waals surface area contributed by atoms with Crippen molar-refractivity contribution in [1.29, 1.82) is 0 Å². The van der Waals surface area contributed by atoms with Crippen LogP contribution in [0.5, 0.6) is 0 Å². The Kier molecular flexibility index (Phi) is 6.74. The van der Waals surface area contributed by atoms with Crippen LogP contribution in [0.15, 0.2) is 60.9 Å². The Labute approximate surface area is 198 Å². The van der Waals surface area contributed by atoms with Gasteiger partial charge in [-0.1, -0.05) is 6.07 Å². The number of aromatic nitrogens is 2. The van der Waals surface area contributed by atoms with Gasteiger partial charge in [-0.15, -0.1) is 0 Å². The SMILES string of the molecule is CN(C)Cc1nccn1-c1ccc(N2CC(CNC(=O)c3cccc(C(N)=O)c3)CC2=O)cc1. The molecule has 2 heterocycles. The molecule has 3 aromatic rings. The molecular formula is C25H28N6O3. The van der Waals surface area contributed by atoms with Crippen LogP contribution in [-0.4, -0.2) is 59.4 Å². The van der Waals surface area contributed by atoms with Crippen LogP contribution in [0, 0.1) is 5.92 Å². The molecule has 9 heteroatoms. The number of benzene rings is 2. The average Bonchev–Trinajstić information content (AvgIpc) is 3.43. The van der Waals surface area contributed by atoms with Crippen LogP contribution in [0.25, 0.3) is 5.69 Å². The first-order valence-corrected chi connectivity index (χ1v) is 11.1. The van der Waals surface area contributed by atoms with Crippen molar-refractivity contribution in [3.8, 4) is 5.69 Å². The van der Waals surface area contributed by atoms with Crippen molar-refractivity contribution in [3.63, 3.8) is 0 Å². The van der Waals surface area contributed by atoms with Crippen molar-refractivity contribution in [2.24, 2.45) is 11.7 Å². The highest BCUT2D eigenvalue weighted by atomic mass is 16.2. The third kappa shape index (κ3) is 5.15. The van der Waals surface area contributed by atoms with Gasteiger partial charge in [0.2, 0.25) is 11.8 Å². The zero-order chi connectivity index (χ0) is 24.2. The summed E-state index contributed by atoms with van der Waals surface area (Å²) in [5.41, 5.74) is 7.73. The number of hydrogen-bond donors (Lipinski definition) is 2. The number of primary amides is 1. The van der Waals surface area contributed by atoms with E-state index in [4.69, 9.17) is 5.73 Å². The molecule has 34 heavy (non-hydrogen) atoms. The quantitative estimate of drug-likeness (QED) is 0.532. The molecule has 9 nitrogen and oxygen atoms in total. The Morgan fingerprint density at radius 3 is 2.53 bits per heavy atom. The van der Waals surface area contributed by atoms with E-state index in [2.05, 4.69) is 15.2 Å². The summed E-state index contributed by atoms with van der Waals surface area (Å²) in [7, 11) is 4.00. The maximum atomic E-state index is 12.6. The van der Waals surface area contributed by atoms with Crippen molar-refractivity contribution in [2.75, 3.05) is 32.1 Å². The lowest BCUT2D eigenvalue weighted by Crippen LogP contribution is -2.31. The summed E-state index contributed by atoms with van der Waals surface area (Å²) in [6.45, 7) is 1.61. The Bertz CT molecular complexity index is 1200. The topological polar surface area (TPSA) is 114 Å². The molecule has 1 aliphatic rings. The molecule has 1 fully saturated rings. The van der Waals surface area contributed by atoms with E-state index in [0.29, 0.717) is 25.1 Å². The second-order valence-electron chi connectivity index (χ2n) is 8.70. The molecule has 0 radical (unpaired) electrons. The number of amides is 3. The molecule has 2 aromatic carbocycles. The van der Waals surface area contributed by atoms with Gasteiger partial charge in [0.1, 0.15) is 5.82 Å². The lowest BCUT2D eigenvalue weighted by Gasteiger charge is -2.18. The summed E-state index contributed by atoms with van der Waals surface area (Å²) < 4.78 is 2.03. The zero-order valence-electron chi connectivity index (χ0n) is 19.3. The number of carbonyl (C=O) groups is 3. The molecule has 4 rings (SSSR count). The number of carbonyl (C=O) groups excluding carboxylic acids is 3. The predicted octanol–water partition coefficient (Wildman–Crippen LogP) is 1.82. The van der Waals surface area contributed by atoms with E-state index in [1.165, 1.54) is 6.07 Å². The van der Waals surface area contributed by atoms with Gasteiger partial charge in [0.05, 0.1) is 6.54 Å². The number of hydrogen-bond acceptors (Lipinski definition) is 5. The van der Waals surface area contributed by atoms with Crippen LogP contribution in [0.4, 0.5) is 5.69 Å². The molecule has 176 valence electrons. The Morgan fingerprint density at radius 2 is 1.82 bits per heavy atom. The molecule has 1 atom stereocenters. The van der Waals surface area contributed by atoms with Crippen molar-refractivity contribution in [2.45, 2.75) is 13.0 Å². The number of nitrogens with one attached hydrogen (secondary N) is 1. The van der Waals surface area contributed by atoms with Crippen LogP contribution in [0.2, 0.25) is 0 Å². The highest BCUT2D eigenvalue weighted by Crippen LogP contribution is 2.26. The molecular weight excluding hydrogens is 432 g/mol. The minimum atomic E-state index is -0.584. The first-order valence-electron chi connectivity index (χ1n) is 11.1. The largest absolute Gasteiger partial charge is 0.366 e. The van der Waals surface area contributed by atoms with Gasteiger partial charge >= 0.3 is 0 Å².